The normalized spacial score (nSPS) is 12.0. The molecule has 2 heteroatoms. The lowest BCUT2D eigenvalue weighted by Crippen LogP contribution is -2.31. The summed E-state index contributed by atoms with van der Waals surface area (Å²) in [5, 5.41) is 0. The van der Waals surface area contributed by atoms with Crippen molar-refractivity contribution in [2.45, 2.75) is 38.9 Å². The summed E-state index contributed by atoms with van der Waals surface area (Å²) in [6.45, 7) is 6.94. The molecule has 0 nitrogen and oxygen atoms in total. The average molecular weight is 144 g/mol. The van der Waals surface area contributed by atoms with E-state index < -0.39 is 7.59 Å². The zero-order valence-electron chi connectivity index (χ0n) is 6.20. The molecule has 0 rings (SSSR count). The summed E-state index contributed by atoms with van der Waals surface area (Å²) >= 11 is 0. The number of hydrogen-bond donors (Lipinski definition) is 0. The van der Waals surface area contributed by atoms with Crippen LogP contribution in [-0.2, 0) is 0 Å². The van der Waals surface area contributed by atoms with E-state index >= 15 is 0 Å². The van der Waals surface area contributed by atoms with Gasteiger partial charge in [-0.2, -0.15) is 0 Å². The second-order valence-corrected chi connectivity index (χ2v) is 10.9. The quantitative estimate of drug-likeness (QED) is 0.531. The average Bonchev–Trinajstić information content (AvgIpc) is 1.87. The Morgan fingerprint density at radius 2 is 1.25 bits per heavy atom. The van der Waals surface area contributed by atoms with E-state index in [4.69, 9.17) is 0 Å². The highest BCUT2D eigenvalue weighted by atomic mass is 29.2. The molecule has 0 aromatic rings. The van der Waals surface area contributed by atoms with Gasteiger partial charge in [0.1, 0.15) is 0 Å². The Kier molecular flexibility index (Phi) is 3.65. The molecule has 0 atom stereocenters. The molecule has 48 valence electrons. The standard InChI is InChI=1S/C6H16Si2/c1-4-8(7,5-2)6-3/h7H,4-6H2,1-3H3. The molecule has 0 saturated heterocycles. The molecule has 8 heavy (non-hydrogen) atoms. The van der Waals surface area contributed by atoms with Crippen molar-refractivity contribution >= 4 is 17.4 Å². The van der Waals surface area contributed by atoms with Gasteiger partial charge in [0.2, 0.25) is 0 Å². The molecule has 0 aromatic carbocycles. The highest BCUT2D eigenvalue weighted by molar-refractivity contribution is 7.17. The van der Waals surface area contributed by atoms with Gasteiger partial charge >= 0.3 is 0 Å². The first-order chi connectivity index (χ1) is 3.68. The molecular weight excluding hydrogens is 128 g/mol. The molecule has 0 fully saturated rings. The van der Waals surface area contributed by atoms with E-state index in [0.717, 1.165) is 0 Å². The summed E-state index contributed by atoms with van der Waals surface area (Å²) in [5.74, 6) is 0. The Balaban J connectivity index is 3.58. The van der Waals surface area contributed by atoms with Crippen LogP contribution < -0.4 is 0 Å². The second kappa shape index (κ2) is 3.46. The van der Waals surface area contributed by atoms with Crippen molar-refractivity contribution in [2.24, 2.45) is 0 Å². The van der Waals surface area contributed by atoms with Crippen LogP contribution in [0.4, 0.5) is 0 Å². The van der Waals surface area contributed by atoms with E-state index in [0.29, 0.717) is 0 Å². The third kappa shape index (κ3) is 2.13. The first kappa shape index (κ1) is 8.43. The van der Waals surface area contributed by atoms with Crippen LogP contribution in [0.25, 0.3) is 0 Å². The van der Waals surface area contributed by atoms with Crippen LogP contribution in [0.3, 0.4) is 0 Å². The minimum Gasteiger partial charge on any atom is -0.0680 e. The van der Waals surface area contributed by atoms with Crippen LogP contribution in [-0.4, -0.2) is 17.4 Å². The molecule has 0 aliphatic heterocycles. The fraction of sp³-hybridized carbons (Fsp3) is 1.00. The van der Waals surface area contributed by atoms with Crippen LogP contribution in [0.5, 0.6) is 0 Å². The lowest BCUT2D eigenvalue weighted by molar-refractivity contribution is 1.22. The van der Waals surface area contributed by atoms with E-state index in [-0.39, 0.29) is 0 Å². The van der Waals surface area contributed by atoms with Crippen molar-refractivity contribution in [2.75, 3.05) is 0 Å². The number of hydrogen-bond acceptors (Lipinski definition) is 0. The van der Waals surface area contributed by atoms with Crippen molar-refractivity contribution in [3.05, 3.63) is 0 Å². The van der Waals surface area contributed by atoms with Crippen molar-refractivity contribution in [3.63, 3.8) is 0 Å². The van der Waals surface area contributed by atoms with E-state index in [1.807, 2.05) is 0 Å². The Morgan fingerprint density at radius 3 is 1.25 bits per heavy atom. The third-order valence-corrected chi connectivity index (χ3v) is 10.0. The molecule has 0 aliphatic carbocycles. The van der Waals surface area contributed by atoms with Gasteiger partial charge in [0.25, 0.3) is 0 Å². The fourth-order valence-corrected chi connectivity index (χ4v) is 2.25. The first-order valence-corrected chi connectivity index (χ1v) is 7.90. The second-order valence-electron chi connectivity index (χ2n) is 2.42. The molecule has 0 heterocycles. The van der Waals surface area contributed by atoms with E-state index in [1.165, 1.54) is 18.1 Å². The van der Waals surface area contributed by atoms with Crippen LogP contribution in [0.1, 0.15) is 20.8 Å². The van der Waals surface area contributed by atoms with Gasteiger partial charge in [-0.1, -0.05) is 38.9 Å². The minimum absolute atomic E-state index is 0.755. The predicted octanol–water partition coefficient (Wildman–Crippen LogP) is 1.89. The van der Waals surface area contributed by atoms with Crippen LogP contribution in [0, 0.1) is 0 Å². The summed E-state index contributed by atoms with van der Waals surface area (Å²) in [5.41, 5.74) is 0. The van der Waals surface area contributed by atoms with E-state index in [1.54, 1.807) is 0 Å². The molecule has 0 aromatic heterocycles. The summed E-state index contributed by atoms with van der Waals surface area (Å²) in [7, 11) is 2.33. The molecule has 0 saturated carbocycles. The third-order valence-electron chi connectivity index (χ3n) is 2.11. The zero-order chi connectivity index (χ0) is 6.62. The maximum Gasteiger partial charge on any atom is 0.0366 e. The monoisotopic (exact) mass is 144 g/mol. The summed E-state index contributed by atoms with van der Waals surface area (Å²) in [4.78, 5) is 0. The minimum atomic E-state index is -0.755. The Labute approximate surface area is 56.9 Å². The zero-order valence-corrected chi connectivity index (χ0v) is 8.35. The van der Waals surface area contributed by atoms with E-state index in [2.05, 4.69) is 30.5 Å². The summed E-state index contributed by atoms with van der Waals surface area (Å²) < 4.78 is 0. The van der Waals surface area contributed by atoms with Crippen LogP contribution >= 0.6 is 0 Å². The molecule has 0 N–H and O–H groups in total. The van der Waals surface area contributed by atoms with Crippen LogP contribution in [0.2, 0.25) is 18.1 Å². The summed E-state index contributed by atoms with van der Waals surface area (Å²) in [6, 6.07) is 4.26. The Bertz CT molecular complexity index is 49.3. The van der Waals surface area contributed by atoms with Gasteiger partial charge in [-0.3, -0.25) is 0 Å². The molecule has 0 unspecified atom stereocenters. The van der Waals surface area contributed by atoms with Gasteiger partial charge in [0.05, 0.1) is 0 Å². The van der Waals surface area contributed by atoms with E-state index in [9.17, 15) is 0 Å². The van der Waals surface area contributed by atoms with Crippen LogP contribution in [0.15, 0.2) is 0 Å². The molecule has 0 amide bonds. The molecule has 0 spiro atoms. The van der Waals surface area contributed by atoms with Gasteiger partial charge in [-0.25, -0.2) is 0 Å². The maximum absolute atomic E-state index is 3.08. The summed E-state index contributed by atoms with van der Waals surface area (Å²) in [6.07, 6.45) is 0. The number of rotatable bonds is 3. The highest BCUT2D eigenvalue weighted by Crippen LogP contribution is 2.14. The van der Waals surface area contributed by atoms with Crippen molar-refractivity contribution in [1.29, 1.82) is 0 Å². The van der Waals surface area contributed by atoms with Gasteiger partial charge < -0.3 is 0 Å². The lowest BCUT2D eigenvalue weighted by Gasteiger charge is -2.20. The van der Waals surface area contributed by atoms with Gasteiger partial charge in [0.15, 0.2) is 0 Å². The Morgan fingerprint density at radius 1 is 1.00 bits per heavy atom. The van der Waals surface area contributed by atoms with Gasteiger partial charge in [0, 0.05) is 17.4 Å². The van der Waals surface area contributed by atoms with Crippen molar-refractivity contribution < 1.29 is 0 Å². The first-order valence-electron chi connectivity index (χ1n) is 3.47. The van der Waals surface area contributed by atoms with Crippen molar-refractivity contribution in [1.82, 2.24) is 0 Å². The lowest BCUT2D eigenvalue weighted by atomic mass is 10.9. The topological polar surface area (TPSA) is 0 Å². The molecule has 0 aliphatic rings. The van der Waals surface area contributed by atoms with Gasteiger partial charge in [-0.15, -0.1) is 0 Å². The fourth-order valence-electron chi connectivity index (χ4n) is 0.750. The predicted molar refractivity (Wildman–Crippen MR) is 44.3 cm³/mol. The Hall–Kier alpha value is 0.434. The maximum atomic E-state index is 3.08. The smallest absolute Gasteiger partial charge is 0.0366 e. The van der Waals surface area contributed by atoms with Gasteiger partial charge in [-0.05, 0) is 0 Å². The highest BCUT2D eigenvalue weighted by Gasteiger charge is 2.18. The largest absolute Gasteiger partial charge is 0.0680 e. The van der Waals surface area contributed by atoms with Crippen molar-refractivity contribution in [3.8, 4) is 0 Å². The molecular formula is C6H16Si2. The SMILES string of the molecule is CC[Si]([SiH])(CC)CC. The molecule has 2 radical (unpaired) electrons. The molecule has 0 bridgehead atoms.